The summed E-state index contributed by atoms with van der Waals surface area (Å²) >= 11 is 0. The SMILES string of the molecule is Cc1ccc([C@@H]2[C@H](C(=O)O)CCC(=O)N2C)cc1. The van der Waals surface area contributed by atoms with Crippen LogP contribution in [-0.2, 0) is 9.59 Å². The molecule has 0 spiro atoms. The van der Waals surface area contributed by atoms with E-state index in [-0.39, 0.29) is 11.9 Å². The molecule has 2 atom stereocenters. The molecule has 4 heteroatoms. The van der Waals surface area contributed by atoms with Crippen LogP contribution in [0, 0.1) is 12.8 Å². The number of carbonyl (C=O) groups is 2. The third-order valence-corrected chi connectivity index (χ3v) is 3.60. The van der Waals surface area contributed by atoms with Gasteiger partial charge in [-0.2, -0.15) is 0 Å². The second-order valence-electron chi connectivity index (χ2n) is 4.84. The van der Waals surface area contributed by atoms with Crippen LogP contribution in [-0.4, -0.2) is 28.9 Å². The molecule has 1 aliphatic heterocycles. The zero-order chi connectivity index (χ0) is 13.3. The van der Waals surface area contributed by atoms with Crippen molar-refractivity contribution < 1.29 is 14.7 Å². The van der Waals surface area contributed by atoms with Gasteiger partial charge in [0.05, 0.1) is 12.0 Å². The van der Waals surface area contributed by atoms with Crippen molar-refractivity contribution in [1.29, 1.82) is 0 Å². The summed E-state index contributed by atoms with van der Waals surface area (Å²) in [5.74, 6) is -1.34. The van der Waals surface area contributed by atoms with Gasteiger partial charge in [0.1, 0.15) is 0 Å². The fourth-order valence-electron chi connectivity index (χ4n) is 2.52. The van der Waals surface area contributed by atoms with Gasteiger partial charge < -0.3 is 10.0 Å². The molecule has 18 heavy (non-hydrogen) atoms. The van der Waals surface area contributed by atoms with Gasteiger partial charge in [-0.3, -0.25) is 9.59 Å². The Morgan fingerprint density at radius 2 is 1.94 bits per heavy atom. The molecule has 1 amide bonds. The molecule has 0 aliphatic carbocycles. The number of aliphatic carboxylic acids is 1. The molecule has 1 heterocycles. The highest BCUT2D eigenvalue weighted by Crippen LogP contribution is 2.35. The molecule has 4 nitrogen and oxygen atoms in total. The third kappa shape index (κ3) is 2.23. The zero-order valence-corrected chi connectivity index (χ0v) is 10.6. The second kappa shape index (κ2) is 4.80. The Hall–Kier alpha value is -1.84. The van der Waals surface area contributed by atoms with Crippen molar-refractivity contribution >= 4 is 11.9 Å². The first-order valence-corrected chi connectivity index (χ1v) is 6.05. The van der Waals surface area contributed by atoms with E-state index in [0.717, 1.165) is 11.1 Å². The summed E-state index contributed by atoms with van der Waals surface area (Å²) in [6, 6.07) is 7.35. The number of nitrogens with zero attached hydrogens (tertiary/aromatic N) is 1. The lowest BCUT2D eigenvalue weighted by molar-refractivity contribution is -0.150. The number of likely N-dealkylation sites (tertiary alicyclic amines) is 1. The van der Waals surface area contributed by atoms with E-state index >= 15 is 0 Å². The van der Waals surface area contributed by atoms with Crippen LogP contribution >= 0.6 is 0 Å². The average molecular weight is 247 g/mol. The van der Waals surface area contributed by atoms with E-state index in [1.807, 2.05) is 31.2 Å². The molecule has 1 aromatic rings. The molecule has 1 fully saturated rings. The molecular formula is C14H17NO3. The summed E-state index contributed by atoms with van der Waals surface area (Å²) in [4.78, 5) is 24.6. The number of hydrogen-bond donors (Lipinski definition) is 1. The first-order valence-electron chi connectivity index (χ1n) is 6.05. The summed E-state index contributed by atoms with van der Waals surface area (Å²) in [7, 11) is 1.68. The fraction of sp³-hybridized carbons (Fsp3) is 0.429. The molecule has 0 radical (unpaired) electrons. The second-order valence-corrected chi connectivity index (χ2v) is 4.84. The van der Waals surface area contributed by atoms with E-state index in [0.29, 0.717) is 12.8 Å². The Balaban J connectivity index is 2.37. The van der Waals surface area contributed by atoms with Gasteiger partial charge in [-0.1, -0.05) is 29.8 Å². The number of carbonyl (C=O) groups excluding carboxylic acids is 1. The Morgan fingerprint density at radius 3 is 2.50 bits per heavy atom. The van der Waals surface area contributed by atoms with Crippen LogP contribution < -0.4 is 0 Å². The molecule has 0 aromatic heterocycles. The number of amides is 1. The van der Waals surface area contributed by atoms with Gasteiger partial charge in [-0.05, 0) is 18.9 Å². The highest BCUT2D eigenvalue weighted by Gasteiger charge is 2.38. The minimum atomic E-state index is -0.833. The molecule has 0 saturated carbocycles. The quantitative estimate of drug-likeness (QED) is 0.869. The maximum Gasteiger partial charge on any atom is 0.308 e. The molecule has 2 rings (SSSR count). The van der Waals surface area contributed by atoms with Crippen molar-refractivity contribution in [3.63, 3.8) is 0 Å². The lowest BCUT2D eigenvalue weighted by atomic mass is 9.84. The van der Waals surface area contributed by atoms with Crippen LogP contribution in [0.25, 0.3) is 0 Å². The largest absolute Gasteiger partial charge is 0.481 e. The van der Waals surface area contributed by atoms with Crippen LogP contribution in [0.15, 0.2) is 24.3 Å². The summed E-state index contributed by atoms with van der Waals surface area (Å²) in [5.41, 5.74) is 2.01. The molecular weight excluding hydrogens is 230 g/mol. The predicted octanol–water partition coefficient (Wildman–Crippen LogP) is 1.99. The molecule has 1 N–H and O–H groups in total. The summed E-state index contributed by atoms with van der Waals surface area (Å²) in [6.07, 6.45) is 0.729. The predicted molar refractivity (Wildman–Crippen MR) is 67.0 cm³/mol. The average Bonchev–Trinajstić information content (AvgIpc) is 2.33. The Labute approximate surface area is 106 Å². The number of hydrogen-bond acceptors (Lipinski definition) is 2. The van der Waals surface area contributed by atoms with E-state index < -0.39 is 11.9 Å². The highest BCUT2D eigenvalue weighted by atomic mass is 16.4. The molecule has 96 valence electrons. The standard InChI is InChI=1S/C14H17NO3/c1-9-3-5-10(6-4-9)13-11(14(17)18)7-8-12(16)15(13)2/h3-6,11,13H,7-8H2,1-2H3,(H,17,18)/t11-,13-/m1/s1. The monoisotopic (exact) mass is 247 g/mol. The fourth-order valence-corrected chi connectivity index (χ4v) is 2.52. The van der Waals surface area contributed by atoms with Gasteiger partial charge in [0.2, 0.25) is 5.91 Å². The van der Waals surface area contributed by atoms with Crippen LogP contribution in [0.3, 0.4) is 0 Å². The van der Waals surface area contributed by atoms with Crippen molar-refractivity contribution in [3.8, 4) is 0 Å². The maximum atomic E-state index is 11.7. The number of carboxylic acids is 1. The van der Waals surface area contributed by atoms with Gasteiger partial charge in [0, 0.05) is 13.5 Å². The number of carboxylic acid groups (broad SMARTS) is 1. The number of rotatable bonds is 2. The van der Waals surface area contributed by atoms with Gasteiger partial charge in [0.25, 0.3) is 0 Å². The summed E-state index contributed by atoms with van der Waals surface area (Å²) in [5, 5.41) is 9.29. The van der Waals surface area contributed by atoms with Crippen LogP contribution in [0.4, 0.5) is 0 Å². The minimum Gasteiger partial charge on any atom is -0.481 e. The smallest absolute Gasteiger partial charge is 0.308 e. The van der Waals surface area contributed by atoms with Crippen molar-refractivity contribution in [2.75, 3.05) is 7.05 Å². The lowest BCUT2D eigenvalue weighted by Gasteiger charge is -2.37. The van der Waals surface area contributed by atoms with E-state index in [9.17, 15) is 14.7 Å². The normalized spacial score (nSPS) is 24.1. The molecule has 0 bridgehead atoms. The van der Waals surface area contributed by atoms with Gasteiger partial charge in [-0.15, -0.1) is 0 Å². The maximum absolute atomic E-state index is 11.7. The van der Waals surface area contributed by atoms with E-state index in [1.165, 1.54) is 0 Å². The zero-order valence-electron chi connectivity index (χ0n) is 10.6. The molecule has 0 unspecified atom stereocenters. The Morgan fingerprint density at radius 1 is 1.33 bits per heavy atom. The van der Waals surface area contributed by atoms with Crippen LogP contribution in [0.1, 0.15) is 30.0 Å². The minimum absolute atomic E-state index is 0.0121. The first-order chi connectivity index (χ1) is 8.50. The van der Waals surface area contributed by atoms with Crippen LogP contribution in [0.2, 0.25) is 0 Å². The van der Waals surface area contributed by atoms with Gasteiger partial charge in [0.15, 0.2) is 0 Å². The van der Waals surface area contributed by atoms with Crippen molar-refractivity contribution in [2.24, 2.45) is 5.92 Å². The highest BCUT2D eigenvalue weighted by molar-refractivity contribution is 5.81. The number of benzene rings is 1. The van der Waals surface area contributed by atoms with Crippen molar-refractivity contribution in [3.05, 3.63) is 35.4 Å². The number of aryl methyl sites for hydroxylation is 1. The summed E-state index contributed by atoms with van der Waals surface area (Å²) < 4.78 is 0. The van der Waals surface area contributed by atoms with Crippen molar-refractivity contribution in [2.45, 2.75) is 25.8 Å². The number of piperidine rings is 1. The van der Waals surface area contributed by atoms with Crippen LogP contribution in [0.5, 0.6) is 0 Å². The van der Waals surface area contributed by atoms with Gasteiger partial charge in [-0.25, -0.2) is 0 Å². The van der Waals surface area contributed by atoms with Crippen molar-refractivity contribution in [1.82, 2.24) is 4.90 Å². The van der Waals surface area contributed by atoms with E-state index in [4.69, 9.17) is 0 Å². The Kier molecular flexibility index (Phi) is 3.36. The van der Waals surface area contributed by atoms with E-state index in [2.05, 4.69) is 0 Å². The molecule has 1 aromatic carbocycles. The third-order valence-electron chi connectivity index (χ3n) is 3.60. The topological polar surface area (TPSA) is 57.6 Å². The molecule has 1 aliphatic rings. The Bertz CT molecular complexity index is 466. The first kappa shape index (κ1) is 12.6. The van der Waals surface area contributed by atoms with E-state index in [1.54, 1.807) is 11.9 Å². The van der Waals surface area contributed by atoms with Gasteiger partial charge >= 0.3 is 5.97 Å². The summed E-state index contributed by atoms with van der Waals surface area (Å²) in [6.45, 7) is 1.98. The lowest BCUT2D eigenvalue weighted by Crippen LogP contribution is -2.42. The molecule has 1 saturated heterocycles.